The van der Waals surface area contributed by atoms with Crippen molar-refractivity contribution in [2.45, 2.75) is 45.1 Å². The van der Waals surface area contributed by atoms with Crippen LogP contribution in [0.5, 0.6) is 5.75 Å². The Kier molecular flexibility index (Phi) is 6.49. The summed E-state index contributed by atoms with van der Waals surface area (Å²) in [5, 5.41) is 0.796. The third kappa shape index (κ3) is 4.56. The first kappa shape index (κ1) is 21.9. The van der Waals surface area contributed by atoms with Gasteiger partial charge in [0.25, 0.3) is 5.56 Å². The van der Waals surface area contributed by atoms with Crippen molar-refractivity contribution in [3.63, 3.8) is 0 Å². The van der Waals surface area contributed by atoms with Gasteiger partial charge in [0.1, 0.15) is 23.0 Å². The van der Waals surface area contributed by atoms with E-state index in [2.05, 4.69) is 36.8 Å². The molecule has 1 N–H and O–H groups in total. The summed E-state index contributed by atoms with van der Waals surface area (Å²) in [6.45, 7) is 0.479. The number of hydrogen-bond donors (Lipinski definition) is 1. The summed E-state index contributed by atoms with van der Waals surface area (Å²) in [4.78, 5) is 23.1. The van der Waals surface area contributed by atoms with E-state index in [4.69, 9.17) is 9.72 Å². The molecular weight excluding hydrogens is 552 g/mol. The lowest BCUT2D eigenvalue weighted by Gasteiger charge is -2.10. The maximum atomic E-state index is 13.0. The zero-order chi connectivity index (χ0) is 22.1. The summed E-state index contributed by atoms with van der Waals surface area (Å²) >= 11 is 8.75. The summed E-state index contributed by atoms with van der Waals surface area (Å²) in [6.07, 6.45) is 6.89. The lowest BCUT2D eigenvalue weighted by atomic mass is 9.98. The second-order valence-corrected chi connectivity index (χ2v) is 10.9. The van der Waals surface area contributed by atoms with Crippen LogP contribution in [0.1, 0.15) is 41.7 Å². The van der Waals surface area contributed by atoms with Crippen LogP contribution in [0.25, 0.3) is 21.6 Å². The average Bonchev–Trinajstić information content (AvgIpc) is 3.11. The van der Waals surface area contributed by atoms with Crippen LogP contribution in [0.4, 0.5) is 0 Å². The van der Waals surface area contributed by atoms with E-state index < -0.39 is 0 Å². The Balaban J connectivity index is 1.42. The number of rotatable bonds is 4. The number of aryl methyl sites for hydroxylation is 2. The Morgan fingerprint density at radius 1 is 1.00 bits per heavy atom. The van der Waals surface area contributed by atoms with Crippen LogP contribution in [0.15, 0.2) is 56.2 Å². The summed E-state index contributed by atoms with van der Waals surface area (Å²) in [6, 6.07) is 13.9. The van der Waals surface area contributed by atoms with Gasteiger partial charge in [0.2, 0.25) is 0 Å². The molecule has 0 fully saturated rings. The van der Waals surface area contributed by atoms with Gasteiger partial charge in [-0.3, -0.25) is 4.79 Å². The molecule has 2 aromatic heterocycles. The number of aromatic amines is 1. The van der Waals surface area contributed by atoms with E-state index in [0.29, 0.717) is 12.4 Å². The molecule has 164 valence electrons. The zero-order valence-corrected chi connectivity index (χ0v) is 21.4. The average molecular weight is 574 g/mol. The Morgan fingerprint density at radius 2 is 1.78 bits per heavy atom. The van der Waals surface area contributed by atoms with E-state index in [-0.39, 0.29) is 5.56 Å². The minimum Gasteiger partial charge on any atom is -0.488 e. The highest BCUT2D eigenvalue weighted by molar-refractivity contribution is 9.10. The van der Waals surface area contributed by atoms with Crippen LogP contribution in [0, 0.1) is 0 Å². The monoisotopic (exact) mass is 572 g/mol. The standard InChI is InChI=1S/C25H22Br2N2O2S/c26-17-10-7-15(8-11-17)14-31-20-12-9-16(13-19(20)27)23-28-24(30)22-18-5-3-1-2-4-6-21(18)32-25(22)29-23/h7-13H,1-6,14H2,(H,28,29,30). The molecule has 4 aromatic rings. The molecule has 0 bridgehead atoms. The first-order chi connectivity index (χ1) is 15.6. The fourth-order valence-electron chi connectivity index (χ4n) is 4.16. The predicted molar refractivity (Wildman–Crippen MR) is 138 cm³/mol. The maximum absolute atomic E-state index is 13.0. The summed E-state index contributed by atoms with van der Waals surface area (Å²) in [7, 11) is 0. The summed E-state index contributed by atoms with van der Waals surface area (Å²) in [5.74, 6) is 1.34. The molecule has 0 saturated carbocycles. The molecule has 0 atom stereocenters. The predicted octanol–water partition coefficient (Wildman–Crippen LogP) is 7.41. The van der Waals surface area contributed by atoms with Gasteiger partial charge in [-0.2, -0.15) is 0 Å². The van der Waals surface area contributed by atoms with Crippen molar-refractivity contribution >= 4 is 53.4 Å². The number of halogens is 2. The molecular formula is C25H22Br2N2O2S. The van der Waals surface area contributed by atoms with Crippen LogP contribution >= 0.6 is 43.2 Å². The Labute approximate surface area is 207 Å². The van der Waals surface area contributed by atoms with Gasteiger partial charge in [-0.15, -0.1) is 11.3 Å². The van der Waals surface area contributed by atoms with E-state index in [0.717, 1.165) is 55.3 Å². The van der Waals surface area contributed by atoms with Crippen molar-refractivity contribution in [1.29, 1.82) is 0 Å². The number of hydrogen-bond acceptors (Lipinski definition) is 4. The Hall–Kier alpha value is -1.96. The molecule has 32 heavy (non-hydrogen) atoms. The highest BCUT2D eigenvalue weighted by atomic mass is 79.9. The van der Waals surface area contributed by atoms with Crippen LogP contribution < -0.4 is 10.3 Å². The molecule has 1 aliphatic rings. The number of H-pyrrole nitrogens is 1. The van der Waals surface area contributed by atoms with Crippen LogP contribution in [0.2, 0.25) is 0 Å². The lowest BCUT2D eigenvalue weighted by Crippen LogP contribution is -2.10. The number of nitrogens with zero attached hydrogens (tertiary/aromatic N) is 1. The van der Waals surface area contributed by atoms with Crippen molar-refractivity contribution < 1.29 is 4.74 Å². The summed E-state index contributed by atoms with van der Waals surface area (Å²) < 4.78 is 7.85. The molecule has 0 spiro atoms. The lowest BCUT2D eigenvalue weighted by molar-refractivity contribution is 0.304. The molecule has 4 nitrogen and oxygen atoms in total. The minimum atomic E-state index is -0.0326. The van der Waals surface area contributed by atoms with Crippen molar-refractivity contribution in [2.24, 2.45) is 0 Å². The van der Waals surface area contributed by atoms with Gasteiger partial charge in [0.15, 0.2) is 0 Å². The number of thiophene rings is 1. The van der Waals surface area contributed by atoms with Gasteiger partial charge in [-0.1, -0.05) is 40.9 Å². The second-order valence-electron chi connectivity index (χ2n) is 8.07. The van der Waals surface area contributed by atoms with Crippen molar-refractivity contribution in [3.05, 3.63) is 77.8 Å². The van der Waals surface area contributed by atoms with Gasteiger partial charge >= 0.3 is 0 Å². The molecule has 0 radical (unpaired) electrons. The van der Waals surface area contributed by atoms with E-state index in [1.807, 2.05) is 42.5 Å². The maximum Gasteiger partial charge on any atom is 0.260 e. The van der Waals surface area contributed by atoms with Gasteiger partial charge in [0.05, 0.1) is 9.86 Å². The Morgan fingerprint density at radius 3 is 2.56 bits per heavy atom. The number of ether oxygens (including phenoxy) is 1. The zero-order valence-electron chi connectivity index (χ0n) is 17.4. The topological polar surface area (TPSA) is 55.0 Å². The first-order valence-electron chi connectivity index (χ1n) is 10.8. The number of nitrogens with one attached hydrogen (secondary N) is 1. The normalized spacial score (nSPS) is 14.1. The van der Waals surface area contributed by atoms with E-state index in [9.17, 15) is 4.79 Å². The van der Waals surface area contributed by atoms with Gasteiger partial charge in [-0.25, -0.2) is 4.98 Å². The molecule has 2 heterocycles. The van der Waals surface area contributed by atoms with E-state index >= 15 is 0 Å². The quantitative estimate of drug-likeness (QED) is 0.276. The van der Waals surface area contributed by atoms with Crippen LogP contribution in [0.3, 0.4) is 0 Å². The fraction of sp³-hybridized carbons (Fsp3) is 0.280. The van der Waals surface area contributed by atoms with Gasteiger partial charge in [0, 0.05) is 14.9 Å². The Bertz CT molecular complexity index is 1330. The number of aromatic nitrogens is 2. The molecule has 0 amide bonds. The van der Waals surface area contributed by atoms with Crippen molar-refractivity contribution in [1.82, 2.24) is 9.97 Å². The minimum absolute atomic E-state index is 0.0326. The molecule has 0 saturated heterocycles. The number of benzene rings is 2. The van der Waals surface area contributed by atoms with E-state index in [1.165, 1.54) is 29.7 Å². The molecule has 1 aliphatic carbocycles. The van der Waals surface area contributed by atoms with Crippen LogP contribution in [-0.2, 0) is 19.4 Å². The highest BCUT2D eigenvalue weighted by Gasteiger charge is 2.19. The highest BCUT2D eigenvalue weighted by Crippen LogP contribution is 2.34. The number of fused-ring (bicyclic) bond motifs is 3. The SMILES string of the molecule is O=c1[nH]c(-c2ccc(OCc3ccc(Br)cc3)c(Br)c2)nc2sc3c(c12)CCCCCC3. The third-order valence-corrected chi connectivity index (χ3v) is 8.17. The van der Waals surface area contributed by atoms with Crippen molar-refractivity contribution in [3.8, 4) is 17.1 Å². The van der Waals surface area contributed by atoms with Crippen LogP contribution in [-0.4, -0.2) is 9.97 Å². The summed E-state index contributed by atoms with van der Waals surface area (Å²) in [5.41, 5.74) is 3.14. The molecule has 7 heteroatoms. The molecule has 0 aliphatic heterocycles. The third-order valence-electron chi connectivity index (χ3n) is 5.84. The second kappa shape index (κ2) is 9.49. The smallest absolute Gasteiger partial charge is 0.260 e. The van der Waals surface area contributed by atoms with E-state index in [1.54, 1.807) is 11.3 Å². The largest absolute Gasteiger partial charge is 0.488 e. The van der Waals surface area contributed by atoms with Crippen molar-refractivity contribution in [2.75, 3.05) is 0 Å². The van der Waals surface area contributed by atoms with Gasteiger partial charge in [-0.05, 0) is 83.1 Å². The first-order valence-corrected chi connectivity index (χ1v) is 13.2. The fourth-order valence-corrected chi connectivity index (χ4v) is 6.18. The molecule has 0 unspecified atom stereocenters. The van der Waals surface area contributed by atoms with Gasteiger partial charge < -0.3 is 9.72 Å². The molecule has 2 aromatic carbocycles. The molecule has 5 rings (SSSR count).